The van der Waals surface area contributed by atoms with Gasteiger partial charge in [0.2, 0.25) is 5.91 Å². The fourth-order valence-electron chi connectivity index (χ4n) is 3.42. The number of hydrogen-bond acceptors (Lipinski definition) is 6. The van der Waals surface area contributed by atoms with Gasteiger partial charge in [0.25, 0.3) is 10.0 Å². The Morgan fingerprint density at radius 2 is 1.81 bits per heavy atom. The number of aryl methyl sites for hydroxylation is 1. The molecule has 0 saturated heterocycles. The SMILES string of the molecule is COc1ccc(OC)c(N(CC(=O)NCCSCc2c(F)cccc2Cl)S(=O)(=O)c2ccc(C)cc2)c1. The molecule has 198 valence electrons. The third-order valence-electron chi connectivity index (χ3n) is 5.43. The maximum absolute atomic E-state index is 13.9. The van der Waals surface area contributed by atoms with E-state index in [1.165, 1.54) is 50.2 Å². The van der Waals surface area contributed by atoms with E-state index in [-0.39, 0.29) is 28.7 Å². The lowest BCUT2D eigenvalue weighted by molar-refractivity contribution is -0.119. The number of benzene rings is 3. The van der Waals surface area contributed by atoms with Gasteiger partial charge in [0.15, 0.2) is 0 Å². The van der Waals surface area contributed by atoms with Crippen LogP contribution in [0.4, 0.5) is 10.1 Å². The number of sulfonamides is 1. The first-order valence-corrected chi connectivity index (χ1v) is 14.2. The van der Waals surface area contributed by atoms with E-state index in [2.05, 4.69) is 5.32 Å². The molecule has 0 fully saturated rings. The summed E-state index contributed by atoms with van der Waals surface area (Å²) in [4.78, 5) is 12.9. The lowest BCUT2D eigenvalue weighted by Crippen LogP contribution is -2.41. The summed E-state index contributed by atoms with van der Waals surface area (Å²) in [6.45, 7) is 1.62. The first-order chi connectivity index (χ1) is 17.7. The number of nitrogens with one attached hydrogen (secondary N) is 1. The van der Waals surface area contributed by atoms with Crippen molar-refractivity contribution in [3.8, 4) is 11.5 Å². The molecule has 37 heavy (non-hydrogen) atoms. The van der Waals surface area contributed by atoms with Gasteiger partial charge in [-0.3, -0.25) is 9.10 Å². The third kappa shape index (κ3) is 7.30. The smallest absolute Gasteiger partial charge is 0.264 e. The summed E-state index contributed by atoms with van der Waals surface area (Å²) in [5.74, 6) is 0.600. The van der Waals surface area contributed by atoms with Crippen LogP contribution in [0.2, 0.25) is 5.02 Å². The summed E-state index contributed by atoms with van der Waals surface area (Å²) in [5, 5.41) is 3.08. The summed E-state index contributed by atoms with van der Waals surface area (Å²) in [6.07, 6.45) is 0. The molecule has 0 atom stereocenters. The molecule has 1 amide bonds. The Labute approximate surface area is 226 Å². The first kappa shape index (κ1) is 28.6. The summed E-state index contributed by atoms with van der Waals surface area (Å²) in [5.41, 5.74) is 1.47. The normalized spacial score (nSPS) is 11.2. The highest BCUT2D eigenvalue weighted by atomic mass is 35.5. The van der Waals surface area contributed by atoms with Gasteiger partial charge in [-0.1, -0.05) is 35.4 Å². The number of anilines is 1. The largest absolute Gasteiger partial charge is 0.497 e. The average Bonchev–Trinajstić information content (AvgIpc) is 2.88. The zero-order valence-corrected chi connectivity index (χ0v) is 23.1. The van der Waals surface area contributed by atoms with Crippen molar-refractivity contribution < 1.29 is 27.1 Å². The van der Waals surface area contributed by atoms with Crippen LogP contribution in [0.15, 0.2) is 65.6 Å². The lowest BCUT2D eigenvalue weighted by atomic mass is 10.2. The van der Waals surface area contributed by atoms with Crippen LogP contribution in [0.3, 0.4) is 0 Å². The summed E-state index contributed by atoms with van der Waals surface area (Å²) >= 11 is 7.45. The Morgan fingerprint density at radius 3 is 2.46 bits per heavy atom. The Balaban J connectivity index is 1.76. The van der Waals surface area contributed by atoms with Crippen molar-refractivity contribution in [2.24, 2.45) is 0 Å². The molecule has 0 aliphatic heterocycles. The van der Waals surface area contributed by atoms with Crippen molar-refractivity contribution in [2.45, 2.75) is 17.6 Å². The maximum atomic E-state index is 13.9. The second-order valence-corrected chi connectivity index (χ2v) is 11.3. The number of amides is 1. The van der Waals surface area contributed by atoms with Crippen LogP contribution in [-0.4, -0.2) is 47.4 Å². The molecule has 3 aromatic rings. The van der Waals surface area contributed by atoms with Gasteiger partial charge in [0.05, 0.1) is 24.8 Å². The van der Waals surface area contributed by atoms with Gasteiger partial charge < -0.3 is 14.8 Å². The predicted molar refractivity (Wildman–Crippen MR) is 146 cm³/mol. The average molecular weight is 567 g/mol. The van der Waals surface area contributed by atoms with Gasteiger partial charge in [0, 0.05) is 34.7 Å². The number of thioether (sulfide) groups is 1. The van der Waals surface area contributed by atoms with E-state index in [4.69, 9.17) is 21.1 Å². The quantitative estimate of drug-likeness (QED) is 0.309. The number of halogens is 2. The molecular weight excluding hydrogens is 539 g/mol. The fourth-order valence-corrected chi connectivity index (χ4v) is 6.04. The third-order valence-corrected chi connectivity index (χ3v) is 8.54. The number of nitrogens with zero attached hydrogens (tertiary/aromatic N) is 1. The zero-order valence-electron chi connectivity index (χ0n) is 20.7. The van der Waals surface area contributed by atoms with Crippen molar-refractivity contribution in [2.75, 3.05) is 37.4 Å². The molecule has 0 aliphatic carbocycles. The molecular formula is C26H28ClFN2O5S2. The van der Waals surface area contributed by atoms with E-state index in [1.807, 2.05) is 6.92 Å². The topological polar surface area (TPSA) is 84.9 Å². The van der Waals surface area contributed by atoms with E-state index in [1.54, 1.807) is 36.4 Å². The molecule has 0 unspecified atom stereocenters. The second-order valence-electron chi connectivity index (χ2n) is 7.97. The number of carbonyl (C=O) groups excluding carboxylic acids is 1. The van der Waals surface area contributed by atoms with Crippen molar-refractivity contribution in [1.82, 2.24) is 5.32 Å². The summed E-state index contributed by atoms with van der Waals surface area (Å²) < 4.78 is 52.9. The number of methoxy groups -OCH3 is 2. The van der Waals surface area contributed by atoms with Crippen molar-refractivity contribution >= 4 is 45.0 Å². The minimum absolute atomic E-state index is 0.0353. The summed E-state index contributed by atoms with van der Waals surface area (Å²) in [6, 6.07) is 15.6. The van der Waals surface area contributed by atoms with E-state index in [9.17, 15) is 17.6 Å². The highest BCUT2D eigenvalue weighted by Gasteiger charge is 2.30. The van der Waals surface area contributed by atoms with Crippen LogP contribution in [0, 0.1) is 12.7 Å². The Bertz CT molecular complexity index is 1320. The van der Waals surface area contributed by atoms with Gasteiger partial charge in [-0.25, -0.2) is 12.8 Å². The number of carbonyl (C=O) groups is 1. The van der Waals surface area contributed by atoms with Crippen molar-refractivity contribution in [1.29, 1.82) is 0 Å². The van der Waals surface area contributed by atoms with Gasteiger partial charge >= 0.3 is 0 Å². The van der Waals surface area contributed by atoms with Crippen molar-refractivity contribution in [3.63, 3.8) is 0 Å². The summed E-state index contributed by atoms with van der Waals surface area (Å²) in [7, 11) is -1.25. The zero-order chi connectivity index (χ0) is 27.0. The molecule has 1 N–H and O–H groups in total. The van der Waals surface area contributed by atoms with Crippen LogP contribution in [0.1, 0.15) is 11.1 Å². The molecule has 0 saturated carbocycles. The van der Waals surface area contributed by atoms with Gasteiger partial charge in [-0.15, -0.1) is 0 Å². The Morgan fingerprint density at radius 1 is 1.08 bits per heavy atom. The van der Waals surface area contributed by atoms with Crippen LogP contribution < -0.4 is 19.1 Å². The van der Waals surface area contributed by atoms with Crippen LogP contribution >= 0.6 is 23.4 Å². The predicted octanol–water partition coefficient (Wildman–Crippen LogP) is 5.05. The molecule has 7 nitrogen and oxygen atoms in total. The van der Waals surface area contributed by atoms with Gasteiger partial charge in [-0.05, 0) is 43.3 Å². The van der Waals surface area contributed by atoms with Crippen LogP contribution in [-0.2, 0) is 20.6 Å². The molecule has 0 bridgehead atoms. The molecule has 3 aromatic carbocycles. The molecule has 3 rings (SSSR count). The highest BCUT2D eigenvalue weighted by molar-refractivity contribution is 7.98. The van der Waals surface area contributed by atoms with E-state index >= 15 is 0 Å². The lowest BCUT2D eigenvalue weighted by Gasteiger charge is -2.26. The van der Waals surface area contributed by atoms with Gasteiger partial charge in [0.1, 0.15) is 23.9 Å². The maximum Gasteiger partial charge on any atom is 0.264 e. The molecule has 0 radical (unpaired) electrons. The Kier molecular flexibility index (Phi) is 10.1. The van der Waals surface area contributed by atoms with E-state index in [0.29, 0.717) is 27.8 Å². The van der Waals surface area contributed by atoms with Gasteiger partial charge in [-0.2, -0.15) is 11.8 Å². The molecule has 0 spiro atoms. The highest BCUT2D eigenvalue weighted by Crippen LogP contribution is 2.35. The second kappa shape index (κ2) is 13.0. The van der Waals surface area contributed by atoms with Crippen LogP contribution in [0.25, 0.3) is 0 Å². The molecule has 0 aliphatic rings. The minimum atomic E-state index is -4.13. The molecule has 11 heteroatoms. The molecule has 0 aromatic heterocycles. The number of rotatable bonds is 12. The Hall–Kier alpha value is -2.95. The van der Waals surface area contributed by atoms with Crippen molar-refractivity contribution in [3.05, 3.63) is 82.6 Å². The standard InChI is InChI=1S/C26H28ClFN2O5S2/c1-18-7-10-20(11-8-18)37(32,33)30(24-15-19(34-2)9-12-25(24)35-3)16-26(31)29-13-14-36-17-21-22(27)5-4-6-23(21)28/h4-12,15H,13-14,16-17H2,1-3H3,(H,29,31). The monoisotopic (exact) mass is 566 g/mol. The fraction of sp³-hybridized carbons (Fsp3) is 0.269. The molecule has 0 heterocycles. The number of hydrogen-bond donors (Lipinski definition) is 1. The van der Waals surface area contributed by atoms with E-state index < -0.39 is 22.5 Å². The van der Waals surface area contributed by atoms with Crippen LogP contribution in [0.5, 0.6) is 11.5 Å². The van der Waals surface area contributed by atoms with E-state index in [0.717, 1.165) is 9.87 Å². The number of ether oxygens (including phenoxy) is 2. The first-order valence-electron chi connectivity index (χ1n) is 11.3. The minimum Gasteiger partial charge on any atom is -0.497 e.